The maximum absolute atomic E-state index is 14.1. The van der Waals surface area contributed by atoms with Crippen LogP contribution in [-0.2, 0) is 23.9 Å². The van der Waals surface area contributed by atoms with E-state index in [2.05, 4.69) is 15.1 Å². The lowest BCUT2D eigenvalue weighted by Crippen LogP contribution is -2.62. The van der Waals surface area contributed by atoms with Crippen LogP contribution >= 0.6 is 0 Å². The van der Waals surface area contributed by atoms with E-state index < -0.39 is 23.5 Å². The summed E-state index contributed by atoms with van der Waals surface area (Å²) in [7, 11) is 0. The average molecular weight is 476 g/mol. The number of anilines is 1. The summed E-state index contributed by atoms with van der Waals surface area (Å²) in [5, 5.41) is 2.86. The zero-order valence-corrected chi connectivity index (χ0v) is 19.0. The van der Waals surface area contributed by atoms with E-state index in [1.807, 2.05) is 0 Å². The van der Waals surface area contributed by atoms with E-state index in [0.717, 1.165) is 31.1 Å². The normalized spacial score (nSPS) is 23.5. The zero-order valence-electron chi connectivity index (χ0n) is 19.0. The second-order valence-corrected chi connectivity index (χ2v) is 9.66. The van der Waals surface area contributed by atoms with Crippen molar-refractivity contribution in [2.75, 3.05) is 24.5 Å². The summed E-state index contributed by atoms with van der Waals surface area (Å²) in [6.45, 7) is 2.28. The summed E-state index contributed by atoms with van der Waals surface area (Å²) in [6, 6.07) is 10.5. The molecule has 0 unspecified atom stereocenters. The minimum Gasteiger partial charge on any atom is -0.365 e. The quantitative estimate of drug-likeness (QED) is 0.648. The number of nitrogens with one attached hydrogen (secondary N) is 1. The molecule has 2 heterocycles. The first-order valence-electron chi connectivity index (χ1n) is 12.0. The molecule has 1 saturated heterocycles. The number of fused-ring (bicyclic) bond motifs is 3. The number of hydrogen-bond donors (Lipinski definition) is 1. The van der Waals surface area contributed by atoms with Crippen LogP contribution in [0.1, 0.15) is 42.4 Å². The highest BCUT2D eigenvalue weighted by molar-refractivity contribution is 5.82. The van der Waals surface area contributed by atoms with Crippen molar-refractivity contribution in [3.63, 3.8) is 0 Å². The summed E-state index contributed by atoms with van der Waals surface area (Å²) in [4.78, 5) is 17.9. The lowest BCUT2D eigenvalue weighted by atomic mass is 9.82. The Morgan fingerprint density at radius 2 is 1.82 bits per heavy atom. The Hall–Kier alpha value is -2.61. The minimum atomic E-state index is -4.43. The molecule has 0 bridgehead atoms. The molecular formula is C26H29F4N3O. The van der Waals surface area contributed by atoms with Gasteiger partial charge in [-0.15, -0.1) is 0 Å². The van der Waals surface area contributed by atoms with E-state index in [1.54, 1.807) is 24.3 Å². The van der Waals surface area contributed by atoms with Crippen LogP contribution in [0.25, 0.3) is 0 Å². The van der Waals surface area contributed by atoms with E-state index in [0.29, 0.717) is 30.3 Å². The molecule has 1 saturated carbocycles. The molecule has 182 valence electrons. The highest BCUT2D eigenvalue weighted by atomic mass is 19.4. The largest absolute Gasteiger partial charge is 0.416 e. The van der Waals surface area contributed by atoms with Crippen molar-refractivity contribution in [1.29, 1.82) is 0 Å². The fraction of sp³-hybridized carbons (Fsp3) is 0.500. The van der Waals surface area contributed by atoms with E-state index in [9.17, 15) is 22.4 Å². The number of nitrogens with zero attached hydrogens (tertiary/aromatic N) is 2. The molecule has 1 N–H and O–H groups in total. The lowest BCUT2D eigenvalue weighted by molar-refractivity contribution is -0.137. The highest BCUT2D eigenvalue weighted by Crippen LogP contribution is 2.40. The van der Waals surface area contributed by atoms with Crippen molar-refractivity contribution >= 4 is 11.6 Å². The minimum absolute atomic E-state index is 0.0521. The molecule has 2 aromatic carbocycles. The van der Waals surface area contributed by atoms with Crippen LogP contribution in [0.4, 0.5) is 23.2 Å². The van der Waals surface area contributed by atoms with Gasteiger partial charge in [-0.2, -0.15) is 13.2 Å². The summed E-state index contributed by atoms with van der Waals surface area (Å²) in [5.41, 5.74) is 1.04. The lowest BCUT2D eigenvalue weighted by Gasteiger charge is -2.50. The van der Waals surface area contributed by atoms with Crippen molar-refractivity contribution in [1.82, 2.24) is 10.2 Å². The highest BCUT2D eigenvalue weighted by Gasteiger charge is 2.43. The first-order chi connectivity index (χ1) is 16.3. The number of halogens is 4. The molecule has 3 aliphatic rings. The van der Waals surface area contributed by atoms with Gasteiger partial charge < -0.3 is 10.2 Å². The SMILES string of the molecule is O=C(NCc1ccccc1F)[C@@H]1Cc2cc(C(F)(F)F)ccc2N2CCN(C3CCCC3)C[C@H]12. The third-order valence-corrected chi connectivity index (χ3v) is 7.66. The molecule has 0 spiro atoms. The predicted octanol–water partition coefficient (Wildman–Crippen LogP) is 4.77. The first kappa shape index (κ1) is 23.1. The fourth-order valence-electron chi connectivity index (χ4n) is 5.88. The summed E-state index contributed by atoms with van der Waals surface area (Å²) in [5.74, 6) is -1.14. The zero-order chi connectivity index (χ0) is 23.9. The number of piperazine rings is 1. The smallest absolute Gasteiger partial charge is 0.365 e. The molecule has 1 amide bonds. The predicted molar refractivity (Wildman–Crippen MR) is 122 cm³/mol. The molecule has 2 aliphatic heterocycles. The summed E-state index contributed by atoms with van der Waals surface area (Å²) < 4.78 is 54.2. The van der Waals surface area contributed by atoms with Crippen LogP contribution in [0.5, 0.6) is 0 Å². The Kier molecular flexibility index (Phi) is 6.27. The van der Waals surface area contributed by atoms with Gasteiger partial charge in [0.25, 0.3) is 0 Å². The number of alkyl halides is 3. The molecule has 0 aromatic heterocycles. The Morgan fingerprint density at radius 1 is 1.06 bits per heavy atom. The standard InChI is InChI=1S/C26H29F4N3O/c27-22-8-4-1-5-17(22)15-31-25(34)21-14-18-13-19(26(28,29)30)9-10-23(18)33-12-11-32(16-24(21)33)20-6-2-3-7-20/h1,4-5,8-10,13,20-21,24H,2-3,6-7,11-12,14-16H2,(H,31,34)/t21-,24-/m1/s1. The van der Waals surface area contributed by atoms with Gasteiger partial charge in [-0.05, 0) is 49.1 Å². The maximum atomic E-state index is 14.1. The molecule has 0 radical (unpaired) electrons. The van der Waals surface area contributed by atoms with Crippen LogP contribution in [-0.4, -0.2) is 42.5 Å². The van der Waals surface area contributed by atoms with Gasteiger partial charge in [0.1, 0.15) is 5.82 Å². The van der Waals surface area contributed by atoms with E-state index >= 15 is 0 Å². The van der Waals surface area contributed by atoms with Gasteiger partial charge in [0.15, 0.2) is 0 Å². The van der Waals surface area contributed by atoms with Crippen molar-refractivity contribution < 1.29 is 22.4 Å². The maximum Gasteiger partial charge on any atom is 0.416 e. The van der Waals surface area contributed by atoms with Gasteiger partial charge in [-0.25, -0.2) is 4.39 Å². The Morgan fingerprint density at radius 3 is 2.56 bits per heavy atom. The van der Waals surface area contributed by atoms with Crippen LogP contribution in [0.2, 0.25) is 0 Å². The molecular weight excluding hydrogens is 446 g/mol. The number of benzene rings is 2. The van der Waals surface area contributed by atoms with E-state index in [1.165, 1.54) is 25.0 Å². The molecule has 34 heavy (non-hydrogen) atoms. The number of rotatable bonds is 4. The van der Waals surface area contributed by atoms with Gasteiger partial charge in [0.05, 0.1) is 17.5 Å². The van der Waals surface area contributed by atoms with Gasteiger partial charge in [-0.3, -0.25) is 9.69 Å². The van der Waals surface area contributed by atoms with Crippen molar-refractivity contribution in [3.05, 3.63) is 65.0 Å². The number of carbonyl (C=O) groups excluding carboxylic acids is 1. The summed E-state index contributed by atoms with van der Waals surface area (Å²) in [6.07, 6.45) is 0.540. The number of amides is 1. The molecule has 2 atom stereocenters. The van der Waals surface area contributed by atoms with E-state index in [-0.39, 0.29) is 24.9 Å². The molecule has 2 aromatic rings. The van der Waals surface area contributed by atoms with Gasteiger partial charge >= 0.3 is 6.18 Å². The van der Waals surface area contributed by atoms with Crippen LogP contribution in [0.3, 0.4) is 0 Å². The van der Waals surface area contributed by atoms with Gasteiger partial charge in [0.2, 0.25) is 5.91 Å². The molecule has 1 aliphatic carbocycles. The third-order valence-electron chi connectivity index (χ3n) is 7.66. The molecule has 4 nitrogen and oxygen atoms in total. The number of hydrogen-bond acceptors (Lipinski definition) is 3. The van der Waals surface area contributed by atoms with Gasteiger partial charge in [0, 0.05) is 43.5 Å². The Balaban J connectivity index is 1.42. The monoisotopic (exact) mass is 475 g/mol. The van der Waals surface area contributed by atoms with Crippen molar-refractivity contribution in [2.45, 2.75) is 56.9 Å². The Bertz CT molecular complexity index is 1050. The van der Waals surface area contributed by atoms with E-state index in [4.69, 9.17) is 0 Å². The van der Waals surface area contributed by atoms with Crippen LogP contribution in [0, 0.1) is 11.7 Å². The fourth-order valence-corrected chi connectivity index (χ4v) is 5.88. The molecule has 5 rings (SSSR count). The van der Waals surface area contributed by atoms with Gasteiger partial charge in [-0.1, -0.05) is 31.0 Å². The summed E-state index contributed by atoms with van der Waals surface area (Å²) >= 11 is 0. The van der Waals surface area contributed by atoms with Crippen LogP contribution in [0.15, 0.2) is 42.5 Å². The van der Waals surface area contributed by atoms with Crippen LogP contribution < -0.4 is 10.2 Å². The second-order valence-electron chi connectivity index (χ2n) is 9.66. The first-order valence-corrected chi connectivity index (χ1v) is 12.0. The second kappa shape index (κ2) is 9.21. The topological polar surface area (TPSA) is 35.6 Å². The molecule has 8 heteroatoms. The molecule has 2 fully saturated rings. The third kappa shape index (κ3) is 4.52. The Labute approximate surface area is 196 Å². The number of carbonyl (C=O) groups is 1. The van der Waals surface area contributed by atoms with Crippen molar-refractivity contribution in [3.8, 4) is 0 Å². The van der Waals surface area contributed by atoms with Crippen molar-refractivity contribution in [2.24, 2.45) is 5.92 Å². The average Bonchev–Trinajstić information content (AvgIpc) is 3.36.